The number of rotatable bonds is 1. The fourth-order valence-corrected chi connectivity index (χ4v) is 1.61. The zero-order valence-electron chi connectivity index (χ0n) is 8.07. The van der Waals surface area contributed by atoms with Crippen molar-refractivity contribution in [2.75, 3.05) is 27.2 Å². The van der Waals surface area contributed by atoms with Crippen LogP contribution in [0.4, 0.5) is 4.79 Å². The van der Waals surface area contributed by atoms with Gasteiger partial charge in [0.15, 0.2) is 0 Å². The molecule has 1 heterocycles. The summed E-state index contributed by atoms with van der Waals surface area (Å²) in [7, 11) is 3.36. The van der Waals surface area contributed by atoms with Crippen LogP contribution in [0.25, 0.3) is 0 Å². The maximum Gasteiger partial charge on any atom is 0.407 e. The molecule has 0 aromatic heterocycles. The Labute approximate surface area is 76.9 Å². The van der Waals surface area contributed by atoms with Crippen LogP contribution in [0.3, 0.4) is 0 Å². The summed E-state index contributed by atoms with van der Waals surface area (Å²) in [5.74, 6) is -0.00926. The maximum absolute atomic E-state index is 11.5. The molecule has 13 heavy (non-hydrogen) atoms. The van der Waals surface area contributed by atoms with Gasteiger partial charge in [-0.25, -0.2) is 4.79 Å². The van der Waals surface area contributed by atoms with E-state index >= 15 is 0 Å². The Morgan fingerprint density at radius 3 is 2.15 bits per heavy atom. The van der Waals surface area contributed by atoms with Gasteiger partial charge in [0.05, 0.1) is 5.41 Å². The summed E-state index contributed by atoms with van der Waals surface area (Å²) in [5.41, 5.74) is -0.512. The molecule has 0 aromatic carbocycles. The highest BCUT2D eigenvalue weighted by Crippen LogP contribution is 2.31. The van der Waals surface area contributed by atoms with Gasteiger partial charge in [0.25, 0.3) is 0 Å². The zero-order valence-corrected chi connectivity index (χ0v) is 8.07. The summed E-state index contributed by atoms with van der Waals surface area (Å²) in [6, 6.07) is 0. The third kappa shape index (κ3) is 1.59. The molecule has 1 fully saturated rings. The van der Waals surface area contributed by atoms with Gasteiger partial charge in [0.1, 0.15) is 0 Å². The standard InChI is InChI=1S/C8H14N2O3/c1-8(6(11)9(2)3)4-10(5-8)7(12)13/h4-5H2,1-3H3,(H,12,13). The number of hydrogen-bond acceptors (Lipinski definition) is 2. The highest BCUT2D eigenvalue weighted by atomic mass is 16.4. The second-order valence-electron chi connectivity index (χ2n) is 3.90. The molecule has 0 radical (unpaired) electrons. The summed E-state index contributed by atoms with van der Waals surface area (Å²) in [5, 5.41) is 8.59. The number of likely N-dealkylation sites (tertiary alicyclic amines) is 1. The molecule has 1 aliphatic rings. The molecule has 0 aliphatic carbocycles. The minimum atomic E-state index is -0.955. The van der Waals surface area contributed by atoms with Crippen molar-refractivity contribution in [2.24, 2.45) is 5.41 Å². The third-order valence-electron chi connectivity index (χ3n) is 2.27. The first-order chi connectivity index (χ1) is 5.87. The van der Waals surface area contributed by atoms with Gasteiger partial charge in [0.2, 0.25) is 5.91 Å². The van der Waals surface area contributed by atoms with Crippen molar-refractivity contribution >= 4 is 12.0 Å². The molecule has 5 nitrogen and oxygen atoms in total. The van der Waals surface area contributed by atoms with Crippen molar-refractivity contribution in [3.63, 3.8) is 0 Å². The van der Waals surface area contributed by atoms with Crippen LogP contribution in [0.5, 0.6) is 0 Å². The van der Waals surface area contributed by atoms with Crippen LogP contribution in [0.2, 0.25) is 0 Å². The summed E-state index contributed by atoms with van der Waals surface area (Å²) in [6.45, 7) is 2.40. The lowest BCUT2D eigenvalue weighted by Crippen LogP contribution is -2.62. The van der Waals surface area contributed by atoms with Gasteiger partial charge in [-0.15, -0.1) is 0 Å². The minimum Gasteiger partial charge on any atom is -0.465 e. The molecular formula is C8H14N2O3. The van der Waals surface area contributed by atoms with E-state index in [1.807, 2.05) is 0 Å². The second-order valence-corrected chi connectivity index (χ2v) is 3.90. The summed E-state index contributed by atoms with van der Waals surface area (Å²) in [4.78, 5) is 24.7. The first-order valence-electron chi connectivity index (χ1n) is 4.06. The molecule has 0 spiro atoms. The van der Waals surface area contributed by atoms with Crippen molar-refractivity contribution in [2.45, 2.75) is 6.92 Å². The van der Waals surface area contributed by atoms with Crippen LogP contribution in [0.15, 0.2) is 0 Å². The number of nitrogens with zero attached hydrogens (tertiary/aromatic N) is 2. The average molecular weight is 186 g/mol. The van der Waals surface area contributed by atoms with E-state index in [4.69, 9.17) is 5.11 Å². The van der Waals surface area contributed by atoms with Gasteiger partial charge in [-0.05, 0) is 6.92 Å². The smallest absolute Gasteiger partial charge is 0.407 e. The first kappa shape index (κ1) is 9.83. The van der Waals surface area contributed by atoms with E-state index in [1.165, 1.54) is 9.80 Å². The maximum atomic E-state index is 11.5. The summed E-state index contributed by atoms with van der Waals surface area (Å²) < 4.78 is 0. The van der Waals surface area contributed by atoms with Crippen molar-refractivity contribution in [3.05, 3.63) is 0 Å². The van der Waals surface area contributed by atoms with E-state index in [1.54, 1.807) is 21.0 Å². The largest absolute Gasteiger partial charge is 0.465 e. The van der Waals surface area contributed by atoms with Crippen molar-refractivity contribution < 1.29 is 14.7 Å². The fraction of sp³-hybridized carbons (Fsp3) is 0.750. The number of carboxylic acid groups (broad SMARTS) is 1. The Bertz CT molecular complexity index is 244. The Morgan fingerprint density at radius 1 is 1.38 bits per heavy atom. The van der Waals surface area contributed by atoms with Gasteiger partial charge < -0.3 is 14.9 Å². The molecule has 1 rings (SSSR count). The van der Waals surface area contributed by atoms with E-state index in [0.29, 0.717) is 13.1 Å². The molecule has 2 amide bonds. The highest BCUT2D eigenvalue weighted by Gasteiger charge is 2.47. The van der Waals surface area contributed by atoms with E-state index in [9.17, 15) is 9.59 Å². The Kier molecular flexibility index (Phi) is 2.19. The molecule has 1 saturated heterocycles. The molecule has 0 bridgehead atoms. The van der Waals surface area contributed by atoms with Gasteiger partial charge in [-0.2, -0.15) is 0 Å². The monoisotopic (exact) mass is 186 g/mol. The number of carbonyl (C=O) groups excluding carboxylic acids is 1. The molecule has 5 heteroatoms. The number of hydrogen-bond donors (Lipinski definition) is 1. The quantitative estimate of drug-likeness (QED) is 0.630. The van der Waals surface area contributed by atoms with Crippen LogP contribution in [0, 0.1) is 5.41 Å². The van der Waals surface area contributed by atoms with Crippen molar-refractivity contribution in [1.82, 2.24) is 9.80 Å². The van der Waals surface area contributed by atoms with E-state index in [-0.39, 0.29) is 5.91 Å². The summed E-state index contributed by atoms with van der Waals surface area (Å²) in [6.07, 6.45) is -0.955. The van der Waals surface area contributed by atoms with E-state index in [0.717, 1.165) is 0 Å². The van der Waals surface area contributed by atoms with Crippen LogP contribution in [-0.4, -0.2) is 54.1 Å². The van der Waals surface area contributed by atoms with Gasteiger partial charge in [-0.1, -0.05) is 0 Å². The molecule has 0 atom stereocenters. The lowest BCUT2D eigenvalue weighted by molar-refractivity contribution is -0.146. The van der Waals surface area contributed by atoms with Crippen LogP contribution < -0.4 is 0 Å². The highest BCUT2D eigenvalue weighted by molar-refractivity contribution is 5.85. The lowest BCUT2D eigenvalue weighted by Gasteiger charge is -2.45. The average Bonchev–Trinajstić information content (AvgIpc) is 1.96. The van der Waals surface area contributed by atoms with Gasteiger partial charge >= 0.3 is 6.09 Å². The van der Waals surface area contributed by atoms with Crippen molar-refractivity contribution in [1.29, 1.82) is 0 Å². The molecule has 1 aliphatic heterocycles. The predicted octanol–water partition coefficient (Wildman–Crippen LogP) is 0.0745. The molecule has 0 unspecified atom stereocenters. The van der Waals surface area contributed by atoms with Crippen LogP contribution in [-0.2, 0) is 4.79 Å². The molecule has 0 aromatic rings. The zero-order chi connectivity index (χ0) is 10.2. The second kappa shape index (κ2) is 2.90. The predicted molar refractivity (Wildman–Crippen MR) is 46.4 cm³/mol. The summed E-state index contributed by atoms with van der Waals surface area (Å²) >= 11 is 0. The number of amides is 2. The fourth-order valence-electron chi connectivity index (χ4n) is 1.61. The Balaban J connectivity index is 2.56. The molecular weight excluding hydrogens is 172 g/mol. The Hall–Kier alpha value is -1.26. The van der Waals surface area contributed by atoms with E-state index in [2.05, 4.69) is 0 Å². The topological polar surface area (TPSA) is 60.9 Å². The Morgan fingerprint density at radius 2 is 1.85 bits per heavy atom. The molecule has 1 N–H and O–H groups in total. The minimum absolute atomic E-state index is 0.00926. The molecule has 0 saturated carbocycles. The van der Waals surface area contributed by atoms with Crippen molar-refractivity contribution in [3.8, 4) is 0 Å². The number of carbonyl (C=O) groups is 2. The van der Waals surface area contributed by atoms with Crippen LogP contribution >= 0.6 is 0 Å². The van der Waals surface area contributed by atoms with E-state index < -0.39 is 11.5 Å². The normalized spacial score (nSPS) is 19.2. The third-order valence-corrected chi connectivity index (χ3v) is 2.27. The van der Waals surface area contributed by atoms with Gasteiger partial charge in [0, 0.05) is 27.2 Å². The SMILES string of the molecule is CN(C)C(=O)C1(C)CN(C(=O)O)C1. The van der Waals surface area contributed by atoms with Crippen LogP contribution in [0.1, 0.15) is 6.92 Å². The van der Waals surface area contributed by atoms with Gasteiger partial charge in [-0.3, -0.25) is 4.79 Å². The first-order valence-corrected chi connectivity index (χ1v) is 4.06. The lowest BCUT2D eigenvalue weighted by atomic mass is 9.81. The molecule has 74 valence electrons.